The van der Waals surface area contributed by atoms with Gasteiger partial charge in [0.2, 0.25) is 6.54 Å². The van der Waals surface area contributed by atoms with Crippen molar-refractivity contribution in [3.05, 3.63) is 94.2 Å². The zero-order chi connectivity index (χ0) is 18.5. The number of aromatic nitrogens is 1. The van der Waals surface area contributed by atoms with Crippen LogP contribution in [0.2, 0.25) is 10.0 Å². The van der Waals surface area contributed by atoms with Gasteiger partial charge in [-0.15, -0.1) is 0 Å². The lowest BCUT2D eigenvalue weighted by molar-refractivity contribution is -0.684. The highest BCUT2D eigenvalue weighted by Crippen LogP contribution is 2.25. The molecule has 130 valence electrons. The third-order valence-electron chi connectivity index (χ3n) is 3.72. The van der Waals surface area contributed by atoms with Crippen molar-refractivity contribution in [2.45, 2.75) is 6.54 Å². The van der Waals surface area contributed by atoms with E-state index < -0.39 is 0 Å². The Kier molecular flexibility index (Phi) is 5.66. The first kappa shape index (κ1) is 18.1. The Bertz CT molecular complexity index is 942. The fourth-order valence-electron chi connectivity index (χ4n) is 2.42. The molecule has 0 aliphatic carbocycles. The quantitative estimate of drug-likeness (QED) is 0.529. The minimum Gasteiger partial charge on any atom is -0.319 e. The number of benzene rings is 2. The molecule has 1 amide bonds. The van der Waals surface area contributed by atoms with E-state index in [0.717, 1.165) is 0 Å². The van der Waals surface area contributed by atoms with Crippen molar-refractivity contribution in [1.29, 1.82) is 0 Å². The van der Waals surface area contributed by atoms with E-state index in [4.69, 9.17) is 23.2 Å². The van der Waals surface area contributed by atoms with E-state index in [0.29, 0.717) is 26.9 Å². The Morgan fingerprint density at radius 3 is 2.23 bits per heavy atom. The van der Waals surface area contributed by atoms with Crippen LogP contribution in [-0.4, -0.2) is 11.7 Å². The topological polar surface area (TPSA) is 50.0 Å². The van der Waals surface area contributed by atoms with Crippen LogP contribution in [0.15, 0.2) is 73.1 Å². The Morgan fingerprint density at radius 2 is 1.54 bits per heavy atom. The van der Waals surface area contributed by atoms with Crippen molar-refractivity contribution in [2.24, 2.45) is 0 Å². The van der Waals surface area contributed by atoms with Gasteiger partial charge in [-0.25, -0.2) is 0 Å². The highest BCUT2D eigenvalue weighted by molar-refractivity contribution is 6.35. The van der Waals surface area contributed by atoms with Crippen molar-refractivity contribution in [2.75, 3.05) is 5.32 Å². The number of rotatable bonds is 5. The summed E-state index contributed by atoms with van der Waals surface area (Å²) in [5.41, 5.74) is 1.64. The second kappa shape index (κ2) is 8.13. The number of nitrogens with one attached hydrogen (secondary N) is 1. The lowest BCUT2D eigenvalue weighted by atomic mass is 10.0. The van der Waals surface area contributed by atoms with Crippen LogP contribution < -0.4 is 9.88 Å². The number of halogens is 2. The number of carbonyl (C=O) groups excluding carboxylic acids is 2. The van der Waals surface area contributed by atoms with Crippen molar-refractivity contribution < 1.29 is 14.2 Å². The van der Waals surface area contributed by atoms with Gasteiger partial charge in [0, 0.05) is 28.3 Å². The Hall–Kier alpha value is -2.69. The van der Waals surface area contributed by atoms with Gasteiger partial charge in [-0.05, 0) is 18.2 Å². The largest absolute Gasteiger partial charge is 0.319 e. The van der Waals surface area contributed by atoms with E-state index in [1.165, 1.54) is 0 Å². The number of nitrogens with zero attached hydrogens (tertiary/aromatic N) is 1. The molecule has 0 atom stereocenters. The molecule has 0 bridgehead atoms. The Labute approximate surface area is 161 Å². The van der Waals surface area contributed by atoms with Crippen LogP contribution in [0.4, 0.5) is 5.69 Å². The van der Waals surface area contributed by atoms with E-state index >= 15 is 0 Å². The summed E-state index contributed by atoms with van der Waals surface area (Å²) >= 11 is 12.0. The van der Waals surface area contributed by atoms with E-state index in [1.807, 2.05) is 18.2 Å². The van der Waals surface area contributed by atoms with Gasteiger partial charge in [0.05, 0.1) is 10.7 Å². The van der Waals surface area contributed by atoms with Crippen LogP contribution in [0.3, 0.4) is 0 Å². The lowest BCUT2D eigenvalue weighted by Gasteiger charge is -2.06. The van der Waals surface area contributed by atoms with Gasteiger partial charge in [0.15, 0.2) is 18.2 Å². The molecule has 0 fully saturated rings. The smallest absolute Gasteiger partial charge is 0.290 e. The van der Waals surface area contributed by atoms with Crippen LogP contribution in [0, 0.1) is 0 Å². The number of amides is 1. The van der Waals surface area contributed by atoms with Gasteiger partial charge in [-0.1, -0.05) is 53.5 Å². The average molecular weight is 386 g/mol. The van der Waals surface area contributed by atoms with Crippen molar-refractivity contribution >= 4 is 40.6 Å². The summed E-state index contributed by atoms with van der Waals surface area (Å²) in [6.07, 6.45) is 3.38. The second-order valence-electron chi connectivity index (χ2n) is 5.63. The normalized spacial score (nSPS) is 10.4. The number of pyridine rings is 1. The summed E-state index contributed by atoms with van der Waals surface area (Å²) in [5.74, 6) is -0.311. The molecule has 1 aromatic heterocycles. The highest BCUT2D eigenvalue weighted by atomic mass is 35.5. The predicted molar refractivity (Wildman–Crippen MR) is 102 cm³/mol. The molecular weight excluding hydrogens is 371 g/mol. The van der Waals surface area contributed by atoms with Crippen molar-refractivity contribution in [1.82, 2.24) is 0 Å². The maximum Gasteiger partial charge on any atom is 0.290 e. The third-order valence-corrected chi connectivity index (χ3v) is 4.28. The van der Waals surface area contributed by atoms with E-state index in [9.17, 15) is 9.59 Å². The Balaban J connectivity index is 1.66. The molecule has 0 aliphatic rings. The second-order valence-corrected chi connectivity index (χ2v) is 6.47. The first-order valence-electron chi connectivity index (χ1n) is 7.87. The summed E-state index contributed by atoms with van der Waals surface area (Å²) in [4.78, 5) is 24.6. The third kappa shape index (κ3) is 4.48. The van der Waals surface area contributed by atoms with Gasteiger partial charge in [-0.2, -0.15) is 4.57 Å². The minimum absolute atomic E-state index is 0.0621. The molecule has 1 heterocycles. The molecule has 0 radical (unpaired) electrons. The van der Waals surface area contributed by atoms with Gasteiger partial charge in [-0.3, -0.25) is 9.59 Å². The first-order chi connectivity index (χ1) is 12.5. The van der Waals surface area contributed by atoms with Gasteiger partial charge < -0.3 is 5.32 Å². The van der Waals surface area contributed by atoms with E-state index in [-0.39, 0.29) is 18.2 Å². The maximum atomic E-state index is 12.4. The molecule has 1 N–H and O–H groups in total. The SMILES string of the molecule is O=C(C[n+]1ccc(C(=O)c2ccccc2)cc1)Nc1cc(Cl)ccc1Cl. The summed E-state index contributed by atoms with van der Waals surface area (Å²) in [7, 11) is 0. The van der Waals surface area contributed by atoms with Crippen LogP contribution in [0.25, 0.3) is 0 Å². The van der Waals surface area contributed by atoms with Crippen LogP contribution in [0.5, 0.6) is 0 Å². The first-order valence-corrected chi connectivity index (χ1v) is 8.62. The van der Waals surface area contributed by atoms with Crippen LogP contribution in [-0.2, 0) is 11.3 Å². The zero-order valence-electron chi connectivity index (χ0n) is 13.7. The Morgan fingerprint density at radius 1 is 0.885 bits per heavy atom. The van der Waals surface area contributed by atoms with Crippen LogP contribution >= 0.6 is 23.2 Å². The lowest BCUT2D eigenvalue weighted by Crippen LogP contribution is -2.39. The van der Waals surface area contributed by atoms with E-state index in [1.54, 1.807) is 59.4 Å². The molecule has 26 heavy (non-hydrogen) atoms. The standard InChI is InChI=1S/C20H14Cl2N2O2/c21-16-6-7-17(22)18(12-16)23-19(25)13-24-10-8-15(9-11-24)20(26)14-4-2-1-3-5-14/h1-12H,13H2/p+1. The monoisotopic (exact) mass is 385 g/mol. The molecule has 4 nitrogen and oxygen atoms in total. The summed E-state index contributed by atoms with van der Waals surface area (Å²) in [5, 5.41) is 3.62. The molecule has 6 heteroatoms. The van der Waals surface area contributed by atoms with Crippen molar-refractivity contribution in [3.8, 4) is 0 Å². The molecule has 0 spiro atoms. The zero-order valence-corrected chi connectivity index (χ0v) is 15.2. The number of hydrogen-bond acceptors (Lipinski definition) is 2. The average Bonchev–Trinajstić information content (AvgIpc) is 2.65. The number of hydrogen-bond donors (Lipinski definition) is 1. The molecule has 0 saturated heterocycles. The van der Waals surface area contributed by atoms with Crippen LogP contribution in [0.1, 0.15) is 15.9 Å². The van der Waals surface area contributed by atoms with Gasteiger partial charge in [0.25, 0.3) is 5.91 Å². The molecule has 3 aromatic rings. The number of carbonyl (C=O) groups is 2. The molecule has 2 aromatic carbocycles. The highest BCUT2D eigenvalue weighted by Gasteiger charge is 2.14. The fourth-order valence-corrected chi connectivity index (χ4v) is 2.76. The molecule has 3 rings (SSSR count). The fraction of sp³-hybridized carbons (Fsp3) is 0.0500. The van der Waals surface area contributed by atoms with E-state index in [2.05, 4.69) is 5.32 Å². The summed E-state index contributed by atoms with van der Waals surface area (Å²) in [6.45, 7) is 0.0860. The molecule has 0 unspecified atom stereocenters. The number of anilines is 1. The maximum absolute atomic E-state index is 12.4. The molecule has 0 aliphatic heterocycles. The van der Waals surface area contributed by atoms with Gasteiger partial charge >= 0.3 is 0 Å². The predicted octanol–water partition coefficient (Wildman–Crippen LogP) is 4.15. The van der Waals surface area contributed by atoms with Crippen molar-refractivity contribution in [3.63, 3.8) is 0 Å². The number of ketones is 1. The van der Waals surface area contributed by atoms with Gasteiger partial charge in [0.1, 0.15) is 0 Å². The summed E-state index contributed by atoms with van der Waals surface area (Å²) in [6, 6.07) is 17.3. The molecule has 0 saturated carbocycles. The molecular formula is C20H15Cl2N2O2+. The summed E-state index contributed by atoms with van der Waals surface area (Å²) < 4.78 is 1.68. The minimum atomic E-state index is -0.249.